The van der Waals surface area contributed by atoms with Crippen molar-refractivity contribution in [2.75, 3.05) is 18.5 Å². The van der Waals surface area contributed by atoms with Crippen molar-refractivity contribution in [3.63, 3.8) is 0 Å². The lowest BCUT2D eigenvalue weighted by Gasteiger charge is -2.36. The number of anilines is 1. The Morgan fingerprint density at radius 2 is 1.87 bits per heavy atom. The Morgan fingerprint density at radius 3 is 2.57 bits per heavy atom. The predicted octanol–water partition coefficient (Wildman–Crippen LogP) is 2.59. The van der Waals surface area contributed by atoms with Crippen LogP contribution in [0, 0.1) is 0 Å². The molecule has 1 saturated heterocycles. The van der Waals surface area contributed by atoms with Gasteiger partial charge < -0.3 is 25.8 Å². The Hall–Kier alpha value is -2.68. The van der Waals surface area contributed by atoms with E-state index in [0.717, 1.165) is 6.42 Å². The molecule has 30 heavy (non-hydrogen) atoms. The van der Waals surface area contributed by atoms with E-state index in [0.29, 0.717) is 35.7 Å². The minimum absolute atomic E-state index is 0.105. The highest BCUT2D eigenvalue weighted by Gasteiger charge is 2.31. The summed E-state index contributed by atoms with van der Waals surface area (Å²) in [6.07, 6.45) is 4.53. The van der Waals surface area contributed by atoms with E-state index in [1.165, 1.54) is 0 Å². The van der Waals surface area contributed by atoms with E-state index in [9.17, 15) is 14.7 Å². The number of carbonyl (C=O) groups excluding carboxylic acids is 2. The van der Waals surface area contributed by atoms with E-state index in [1.807, 2.05) is 0 Å². The number of hydrogen-bond donors (Lipinski definition) is 4. The molecule has 4 N–H and O–H groups in total. The smallest absolute Gasteiger partial charge is 0.319 e. The maximum atomic E-state index is 12.3. The molecule has 160 valence electrons. The number of aliphatic hydroxyl groups excluding tert-OH is 1. The van der Waals surface area contributed by atoms with Crippen molar-refractivity contribution in [3.05, 3.63) is 59.4 Å². The summed E-state index contributed by atoms with van der Waals surface area (Å²) in [6.45, 7) is 0.235. The number of hydrogen-bond acceptors (Lipinski definition) is 5. The Balaban J connectivity index is 1.40. The second kappa shape index (κ2) is 10.9. The van der Waals surface area contributed by atoms with Gasteiger partial charge in [-0.2, -0.15) is 0 Å². The summed E-state index contributed by atoms with van der Waals surface area (Å²) in [6, 6.07) is 9.53. The van der Waals surface area contributed by atoms with Gasteiger partial charge in [-0.25, -0.2) is 4.79 Å². The molecule has 3 rings (SSSR count). The lowest BCUT2D eigenvalue weighted by molar-refractivity contribution is -0.0892. The number of pyridine rings is 1. The van der Waals surface area contributed by atoms with E-state index in [-0.39, 0.29) is 30.7 Å². The number of benzene rings is 1. The van der Waals surface area contributed by atoms with Crippen LogP contribution in [0.4, 0.5) is 10.5 Å². The standard InChI is InChI=1S/C21H25ClN4O4/c22-15-1-3-16(4-2-15)25-21(29)24-12-9-17-5-6-18(19(13-27)30-17)26-20(28)14-7-10-23-11-8-14/h1-4,7-8,10-11,17-19,27H,5-6,9,12-13H2,(H,26,28)(H2,24,25,29)/t17-,18+,19-/m0/s1. The first-order valence-corrected chi connectivity index (χ1v) is 10.2. The van der Waals surface area contributed by atoms with Crippen LogP contribution in [0.15, 0.2) is 48.8 Å². The van der Waals surface area contributed by atoms with Crippen LogP contribution in [-0.2, 0) is 4.74 Å². The maximum absolute atomic E-state index is 12.3. The molecular weight excluding hydrogens is 408 g/mol. The van der Waals surface area contributed by atoms with Crippen LogP contribution in [0.3, 0.4) is 0 Å². The zero-order valence-corrected chi connectivity index (χ0v) is 17.1. The molecule has 9 heteroatoms. The van der Waals surface area contributed by atoms with Gasteiger partial charge in [0.15, 0.2) is 0 Å². The normalized spacial score (nSPS) is 20.9. The summed E-state index contributed by atoms with van der Waals surface area (Å²) in [7, 11) is 0. The summed E-state index contributed by atoms with van der Waals surface area (Å²) < 4.78 is 5.93. The third-order valence-electron chi connectivity index (χ3n) is 4.91. The summed E-state index contributed by atoms with van der Waals surface area (Å²) >= 11 is 5.83. The summed E-state index contributed by atoms with van der Waals surface area (Å²) in [5, 5.41) is 18.7. The maximum Gasteiger partial charge on any atom is 0.319 e. The zero-order valence-electron chi connectivity index (χ0n) is 16.4. The molecule has 0 spiro atoms. The SMILES string of the molecule is O=C(NCC[C@@H]1CC[C@@H](NC(=O)c2ccncc2)[C@H](CO)O1)Nc1ccc(Cl)cc1. The number of ether oxygens (including phenoxy) is 1. The van der Waals surface area contributed by atoms with Gasteiger partial charge in [0, 0.05) is 35.2 Å². The number of amides is 3. The topological polar surface area (TPSA) is 113 Å². The van der Waals surface area contributed by atoms with Crippen LogP contribution in [0.1, 0.15) is 29.6 Å². The molecule has 0 radical (unpaired) electrons. The average molecular weight is 433 g/mol. The van der Waals surface area contributed by atoms with Gasteiger partial charge >= 0.3 is 6.03 Å². The number of aromatic nitrogens is 1. The lowest BCUT2D eigenvalue weighted by Crippen LogP contribution is -2.51. The van der Waals surface area contributed by atoms with Gasteiger partial charge in [-0.05, 0) is 55.7 Å². The highest BCUT2D eigenvalue weighted by atomic mass is 35.5. The van der Waals surface area contributed by atoms with Crippen LogP contribution in [0.5, 0.6) is 0 Å². The van der Waals surface area contributed by atoms with Gasteiger partial charge in [0.2, 0.25) is 0 Å². The third kappa shape index (κ3) is 6.41. The number of carbonyl (C=O) groups is 2. The molecule has 1 aliphatic heterocycles. The molecule has 3 atom stereocenters. The van der Waals surface area contributed by atoms with Crippen molar-refractivity contribution < 1.29 is 19.4 Å². The Kier molecular flexibility index (Phi) is 8.01. The second-order valence-corrected chi connectivity index (χ2v) is 7.49. The van der Waals surface area contributed by atoms with E-state index in [1.54, 1.807) is 48.8 Å². The predicted molar refractivity (Wildman–Crippen MR) is 114 cm³/mol. The molecule has 0 bridgehead atoms. The van der Waals surface area contributed by atoms with Crippen LogP contribution in [0.25, 0.3) is 0 Å². The molecule has 0 saturated carbocycles. The molecule has 0 aliphatic carbocycles. The van der Waals surface area contributed by atoms with E-state index in [2.05, 4.69) is 20.9 Å². The van der Waals surface area contributed by atoms with Crippen molar-refractivity contribution in [1.29, 1.82) is 0 Å². The fourth-order valence-corrected chi connectivity index (χ4v) is 3.45. The molecule has 2 aromatic rings. The van der Waals surface area contributed by atoms with Gasteiger partial charge in [-0.15, -0.1) is 0 Å². The minimum atomic E-state index is -0.488. The summed E-state index contributed by atoms with van der Waals surface area (Å²) in [4.78, 5) is 28.2. The van der Waals surface area contributed by atoms with Gasteiger partial charge in [0.1, 0.15) is 6.10 Å². The van der Waals surface area contributed by atoms with Crippen molar-refractivity contribution in [1.82, 2.24) is 15.6 Å². The first-order chi connectivity index (χ1) is 14.5. The number of rotatable bonds is 7. The molecule has 2 heterocycles. The van der Waals surface area contributed by atoms with Gasteiger partial charge in [0.25, 0.3) is 5.91 Å². The van der Waals surface area contributed by atoms with Gasteiger partial charge in [0.05, 0.1) is 18.8 Å². The molecule has 1 aromatic carbocycles. The number of nitrogens with one attached hydrogen (secondary N) is 3. The minimum Gasteiger partial charge on any atom is -0.394 e. The monoisotopic (exact) mass is 432 g/mol. The Bertz CT molecular complexity index is 835. The largest absolute Gasteiger partial charge is 0.394 e. The molecular formula is C21H25ClN4O4. The van der Waals surface area contributed by atoms with E-state index < -0.39 is 6.10 Å². The van der Waals surface area contributed by atoms with Crippen LogP contribution in [-0.4, -0.2) is 53.4 Å². The van der Waals surface area contributed by atoms with Crippen molar-refractivity contribution >= 4 is 29.2 Å². The Morgan fingerprint density at radius 1 is 1.13 bits per heavy atom. The molecule has 8 nitrogen and oxygen atoms in total. The first-order valence-electron chi connectivity index (χ1n) is 9.83. The summed E-state index contributed by atoms with van der Waals surface area (Å²) in [5.74, 6) is -0.219. The van der Waals surface area contributed by atoms with Crippen molar-refractivity contribution in [2.45, 2.75) is 37.5 Å². The second-order valence-electron chi connectivity index (χ2n) is 7.05. The van der Waals surface area contributed by atoms with Crippen LogP contribution in [0.2, 0.25) is 5.02 Å². The zero-order chi connectivity index (χ0) is 21.3. The van der Waals surface area contributed by atoms with E-state index >= 15 is 0 Å². The number of halogens is 1. The highest BCUT2D eigenvalue weighted by Crippen LogP contribution is 2.22. The van der Waals surface area contributed by atoms with E-state index in [4.69, 9.17) is 16.3 Å². The number of urea groups is 1. The highest BCUT2D eigenvalue weighted by molar-refractivity contribution is 6.30. The number of nitrogens with zero attached hydrogens (tertiary/aromatic N) is 1. The van der Waals surface area contributed by atoms with Crippen molar-refractivity contribution in [3.8, 4) is 0 Å². The van der Waals surface area contributed by atoms with Crippen molar-refractivity contribution in [2.24, 2.45) is 0 Å². The molecule has 1 fully saturated rings. The lowest BCUT2D eigenvalue weighted by atomic mass is 9.97. The molecule has 1 aromatic heterocycles. The fraction of sp³-hybridized carbons (Fsp3) is 0.381. The fourth-order valence-electron chi connectivity index (χ4n) is 3.32. The van der Waals surface area contributed by atoms with Gasteiger partial charge in [-0.3, -0.25) is 9.78 Å². The third-order valence-corrected chi connectivity index (χ3v) is 5.16. The molecule has 3 amide bonds. The summed E-state index contributed by atoms with van der Waals surface area (Å²) in [5.41, 5.74) is 1.17. The number of aliphatic hydroxyl groups is 1. The van der Waals surface area contributed by atoms with Gasteiger partial charge in [-0.1, -0.05) is 11.6 Å². The molecule has 1 aliphatic rings. The average Bonchev–Trinajstić information content (AvgIpc) is 2.77. The quantitative estimate of drug-likeness (QED) is 0.537. The first kappa shape index (κ1) is 22.0. The molecule has 0 unspecified atom stereocenters. The Labute approximate surface area is 180 Å². The van der Waals surface area contributed by atoms with Crippen LogP contribution >= 0.6 is 11.6 Å². The van der Waals surface area contributed by atoms with Crippen LogP contribution < -0.4 is 16.0 Å².